The average molecular weight is 338 g/mol. The van der Waals surface area contributed by atoms with Crippen molar-refractivity contribution < 1.29 is 19.1 Å². The molecule has 1 aromatic carbocycles. The molecule has 0 saturated carbocycles. The van der Waals surface area contributed by atoms with Crippen LogP contribution in [-0.2, 0) is 9.47 Å². The predicted molar refractivity (Wildman–Crippen MR) is 76.7 cm³/mol. The predicted octanol–water partition coefficient (Wildman–Crippen LogP) is 2.96. The molecule has 0 aliphatic heterocycles. The molecule has 5 nitrogen and oxygen atoms in total. The van der Waals surface area contributed by atoms with E-state index in [2.05, 4.69) is 25.7 Å². The van der Waals surface area contributed by atoms with E-state index in [0.717, 1.165) is 5.39 Å². The number of carbonyl (C=O) groups is 2. The van der Waals surface area contributed by atoms with Crippen molar-refractivity contribution >= 4 is 38.8 Å². The number of fused-ring (bicyclic) bond motifs is 1. The number of aromatic nitrogens is 1. The van der Waals surface area contributed by atoms with Crippen LogP contribution in [0, 0.1) is 0 Å². The van der Waals surface area contributed by atoms with Crippen molar-refractivity contribution in [2.45, 2.75) is 6.92 Å². The zero-order valence-electron chi connectivity index (χ0n) is 11.0. The Morgan fingerprint density at radius 3 is 2.70 bits per heavy atom. The van der Waals surface area contributed by atoms with E-state index in [-0.39, 0.29) is 0 Å². The van der Waals surface area contributed by atoms with E-state index in [1.54, 1.807) is 25.1 Å². The molecular weight excluding hydrogens is 326 g/mol. The van der Waals surface area contributed by atoms with Crippen molar-refractivity contribution in [1.29, 1.82) is 0 Å². The van der Waals surface area contributed by atoms with Gasteiger partial charge in [-0.05, 0) is 35.0 Å². The summed E-state index contributed by atoms with van der Waals surface area (Å²) in [5.74, 6) is -0.870. The molecule has 0 aliphatic carbocycles. The molecule has 0 spiro atoms. The molecule has 1 aromatic heterocycles. The lowest BCUT2D eigenvalue weighted by Crippen LogP contribution is -2.07. The number of pyridine rings is 1. The number of esters is 2. The highest BCUT2D eigenvalue weighted by Gasteiger charge is 2.15. The summed E-state index contributed by atoms with van der Waals surface area (Å²) in [7, 11) is 1.32. The minimum atomic E-state index is -0.439. The van der Waals surface area contributed by atoms with Gasteiger partial charge in [-0.3, -0.25) is 4.98 Å². The third kappa shape index (κ3) is 2.65. The number of benzene rings is 1. The number of ether oxygens (including phenoxy) is 2. The molecule has 0 saturated heterocycles. The highest BCUT2D eigenvalue weighted by atomic mass is 79.9. The van der Waals surface area contributed by atoms with Crippen LogP contribution in [0.1, 0.15) is 27.6 Å². The van der Waals surface area contributed by atoms with E-state index in [4.69, 9.17) is 4.74 Å². The molecule has 0 N–H and O–H groups in total. The summed E-state index contributed by atoms with van der Waals surface area (Å²) < 4.78 is 10.2. The summed E-state index contributed by atoms with van der Waals surface area (Å²) in [5, 5.41) is 0.725. The van der Waals surface area contributed by atoms with Crippen LogP contribution in [0.15, 0.2) is 28.9 Å². The molecular formula is C14H12BrNO4. The summed E-state index contributed by atoms with van der Waals surface area (Å²) in [5.41, 5.74) is 1.35. The van der Waals surface area contributed by atoms with E-state index in [1.165, 1.54) is 13.3 Å². The minimum Gasteiger partial charge on any atom is -0.465 e. The lowest BCUT2D eigenvalue weighted by Gasteiger charge is -2.07. The molecule has 0 fully saturated rings. The molecule has 20 heavy (non-hydrogen) atoms. The van der Waals surface area contributed by atoms with Gasteiger partial charge in [-0.15, -0.1) is 0 Å². The number of hydrogen-bond donors (Lipinski definition) is 0. The second-order valence-corrected chi connectivity index (χ2v) is 4.72. The van der Waals surface area contributed by atoms with Gasteiger partial charge in [0.05, 0.1) is 30.4 Å². The number of hydrogen-bond acceptors (Lipinski definition) is 5. The molecule has 2 rings (SSSR count). The van der Waals surface area contributed by atoms with Gasteiger partial charge in [-0.1, -0.05) is 6.07 Å². The third-order valence-corrected chi connectivity index (χ3v) is 3.57. The molecule has 0 unspecified atom stereocenters. The van der Waals surface area contributed by atoms with Gasteiger partial charge in [0.1, 0.15) is 0 Å². The van der Waals surface area contributed by atoms with Crippen molar-refractivity contribution in [1.82, 2.24) is 4.98 Å². The normalized spacial score (nSPS) is 10.3. The van der Waals surface area contributed by atoms with Crippen molar-refractivity contribution in [3.05, 3.63) is 40.0 Å². The van der Waals surface area contributed by atoms with Gasteiger partial charge < -0.3 is 9.47 Å². The SMILES string of the molecule is CCOC(=O)c1cnc2cc(C(=O)OC)ccc2c1Br. The standard InChI is InChI=1S/C14H12BrNO4/c1-3-20-14(18)10-7-16-11-6-8(13(17)19-2)4-5-9(11)12(10)15/h4-7H,3H2,1-2H3. The Morgan fingerprint density at radius 2 is 2.05 bits per heavy atom. The Morgan fingerprint density at radius 1 is 1.30 bits per heavy atom. The number of rotatable bonds is 3. The first-order valence-electron chi connectivity index (χ1n) is 5.92. The maximum absolute atomic E-state index is 11.8. The van der Waals surface area contributed by atoms with Crippen molar-refractivity contribution in [3.8, 4) is 0 Å². The quantitative estimate of drug-likeness (QED) is 0.805. The van der Waals surface area contributed by atoms with E-state index in [0.29, 0.717) is 27.7 Å². The molecule has 104 valence electrons. The second kappa shape index (κ2) is 6.00. The molecule has 0 bridgehead atoms. The Bertz CT molecular complexity index is 684. The largest absolute Gasteiger partial charge is 0.465 e. The van der Waals surface area contributed by atoms with Gasteiger partial charge in [0.25, 0.3) is 0 Å². The molecule has 0 atom stereocenters. The van der Waals surface area contributed by atoms with Crippen molar-refractivity contribution in [2.24, 2.45) is 0 Å². The lowest BCUT2D eigenvalue weighted by atomic mass is 10.1. The smallest absolute Gasteiger partial charge is 0.340 e. The fourth-order valence-corrected chi connectivity index (χ4v) is 2.36. The Balaban J connectivity index is 2.52. The zero-order valence-corrected chi connectivity index (χ0v) is 12.6. The molecule has 6 heteroatoms. The monoisotopic (exact) mass is 337 g/mol. The van der Waals surface area contributed by atoms with Crippen LogP contribution >= 0.6 is 15.9 Å². The van der Waals surface area contributed by atoms with E-state index in [9.17, 15) is 9.59 Å². The number of carbonyl (C=O) groups excluding carboxylic acids is 2. The van der Waals surface area contributed by atoms with Gasteiger partial charge in [-0.2, -0.15) is 0 Å². The van der Waals surface area contributed by atoms with Gasteiger partial charge in [-0.25, -0.2) is 9.59 Å². The third-order valence-electron chi connectivity index (χ3n) is 2.72. The van der Waals surface area contributed by atoms with Crippen LogP contribution < -0.4 is 0 Å². The van der Waals surface area contributed by atoms with Crippen LogP contribution in [0.5, 0.6) is 0 Å². The summed E-state index contributed by atoms with van der Waals surface area (Å²) >= 11 is 3.37. The highest BCUT2D eigenvalue weighted by molar-refractivity contribution is 9.10. The molecule has 0 amide bonds. The molecule has 1 heterocycles. The fraction of sp³-hybridized carbons (Fsp3) is 0.214. The topological polar surface area (TPSA) is 65.5 Å². The van der Waals surface area contributed by atoms with Crippen LogP contribution in [0.25, 0.3) is 10.9 Å². The summed E-state index contributed by atoms with van der Waals surface area (Å²) in [6, 6.07) is 4.94. The Kier molecular flexibility index (Phi) is 4.34. The summed E-state index contributed by atoms with van der Waals surface area (Å²) in [6.45, 7) is 2.04. The summed E-state index contributed by atoms with van der Waals surface area (Å²) in [4.78, 5) is 27.4. The Labute approximate surface area is 124 Å². The van der Waals surface area contributed by atoms with E-state index in [1.807, 2.05) is 0 Å². The van der Waals surface area contributed by atoms with Gasteiger partial charge in [0, 0.05) is 16.1 Å². The number of nitrogens with zero attached hydrogens (tertiary/aromatic N) is 1. The van der Waals surface area contributed by atoms with Crippen LogP contribution in [0.3, 0.4) is 0 Å². The average Bonchev–Trinajstić information content (AvgIpc) is 2.46. The number of halogens is 1. The lowest BCUT2D eigenvalue weighted by molar-refractivity contribution is 0.0524. The van der Waals surface area contributed by atoms with E-state index >= 15 is 0 Å². The van der Waals surface area contributed by atoms with Gasteiger partial charge >= 0.3 is 11.9 Å². The molecule has 0 aliphatic rings. The maximum Gasteiger partial charge on any atom is 0.340 e. The van der Waals surface area contributed by atoms with Gasteiger partial charge in [0.2, 0.25) is 0 Å². The number of methoxy groups -OCH3 is 1. The van der Waals surface area contributed by atoms with Crippen LogP contribution in [0.4, 0.5) is 0 Å². The molecule has 2 aromatic rings. The first kappa shape index (κ1) is 14.5. The van der Waals surface area contributed by atoms with Gasteiger partial charge in [0.15, 0.2) is 0 Å². The first-order valence-corrected chi connectivity index (χ1v) is 6.71. The van der Waals surface area contributed by atoms with Crippen molar-refractivity contribution in [2.75, 3.05) is 13.7 Å². The Hall–Kier alpha value is -1.95. The highest BCUT2D eigenvalue weighted by Crippen LogP contribution is 2.27. The second-order valence-electron chi connectivity index (χ2n) is 3.93. The minimum absolute atomic E-state index is 0.296. The summed E-state index contributed by atoms with van der Waals surface area (Å²) in [6.07, 6.45) is 1.42. The maximum atomic E-state index is 11.8. The first-order chi connectivity index (χ1) is 9.58. The molecule has 0 radical (unpaired) electrons. The van der Waals surface area contributed by atoms with Crippen LogP contribution in [-0.4, -0.2) is 30.6 Å². The zero-order chi connectivity index (χ0) is 14.7. The fourth-order valence-electron chi connectivity index (χ4n) is 1.76. The van der Waals surface area contributed by atoms with Crippen molar-refractivity contribution in [3.63, 3.8) is 0 Å². The van der Waals surface area contributed by atoms with E-state index < -0.39 is 11.9 Å². The van der Waals surface area contributed by atoms with Crippen LogP contribution in [0.2, 0.25) is 0 Å².